The van der Waals surface area contributed by atoms with Crippen molar-refractivity contribution >= 4 is 46.8 Å². The Morgan fingerprint density at radius 2 is 1.80 bits per heavy atom. The molecule has 4 N–H and O–H groups in total. The van der Waals surface area contributed by atoms with Crippen LogP contribution in [0.4, 0.5) is 38.0 Å². The molecule has 0 saturated carbocycles. The topological polar surface area (TPSA) is 123 Å². The van der Waals surface area contributed by atoms with Crippen molar-refractivity contribution in [1.82, 2.24) is 25.5 Å². The molecule has 45 heavy (non-hydrogen) atoms. The highest BCUT2D eigenvalue weighted by molar-refractivity contribution is 8.03. The fraction of sp³-hybridized carbons (Fsp3) is 0.481. The predicted molar refractivity (Wildman–Crippen MR) is 157 cm³/mol. The lowest BCUT2D eigenvalue weighted by Crippen LogP contribution is -2.50. The van der Waals surface area contributed by atoms with Gasteiger partial charge in [0.2, 0.25) is 5.95 Å². The van der Waals surface area contributed by atoms with E-state index in [2.05, 4.69) is 25.9 Å². The van der Waals surface area contributed by atoms with Gasteiger partial charge in [-0.1, -0.05) is 25.4 Å². The first-order valence-corrected chi connectivity index (χ1v) is 15.0. The van der Waals surface area contributed by atoms with Crippen LogP contribution in [0.3, 0.4) is 0 Å². The Labute approximate surface area is 263 Å². The van der Waals surface area contributed by atoms with E-state index in [0.717, 1.165) is 24.0 Å². The second-order valence-corrected chi connectivity index (χ2v) is 12.0. The van der Waals surface area contributed by atoms with Gasteiger partial charge in [-0.05, 0) is 24.1 Å². The first-order valence-electron chi connectivity index (χ1n) is 13.7. The molecule has 0 aliphatic carbocycles. The number of rotatable bonds is 9. The molecule has 4 rings (SSSR count). The number of amides is 2. The summed E-state index contributed by atoms with van der Waals surface area (Å²) in [7, 11) is 0. The Kier molecular flexibility index (Phi) is 10.8. The number of thioether (sulfide) groups is 1. The van der Waals surface area contributed by atoms with Crippen molar-refractivity contribution in [3.8, 4) is 0 Å². The number of carbonyl (C=O) groups excluding carboxylic acids is 2. The zero-order valence-corrected chi connectivity index (χ0v) is 25.5. The van der Waals surface area contributed by atoms with Gasteiger partial charge in [0.05, 0.1) is 34.2 Å². The third-order valence-electron chi connectivity index (χ3n) is 7.11. The Balaban J connectivity index is 1.45. The number of β-amino-alcohol motifs (C(OH)–C–C–N with tert-alkyl or cyclic N) is 1. The van der Waals surface area contributed by atoms with Gasteiger partial charge in [-0.25, -0.2) is 9.97 Å². The highest BCUT2D eigenvalue weighted by Crippen LogP contribution is 2.37. The minimum Gasteiger partial charge on any atom is -0.395 e. The number of aliphatic hydroxyl groups is 1. The summed E-state index contributed by atoms with van der Waals surface area (Å²) in [5, 5.41) is 17.1. The van der Waals surface area contributed by atoms with E-state index >= 15 is 0 Å². The molecule has 3 heterocycles. The highest BCUT2D eigenvalue weighted by Gasteiger charge is 2.40. The summed E-state index contributed by atoms with van der Waals surface area (Å²) in [6, 6.07) is 2.11. The Morgan fingerprint density at radius 3 is 2.40 bits per heavy atom. The Morgan fingerprint density at radius 1 is 1.11 bits per heavy atom. The number of carbonyl (C=O) groups is 2. The molecule has 1 fully saturated rings. The molecular weight excluding hydrogens is 652 g/mol. The largest absolute Gasteiger partial charge is 0.434 e. The summed E-state index contributed by atoms with van der Waals surface area (Å²) >= 11 is 6.71. The molecular formula is C27H30ClF6N7O3S. The number of nitrogens with one attached hydrogen (secondary N) is 3. The van der Waals surface area contributed by atoms with Crippen molar-refractivity contribution in [2.75, 3.05) is 49.5 Å². The van der Waals surface area contributed by atoms with Crippen LogP contribution in [-0.4, -0.2) is 82.5 Å². The molecule has 2 amide bonds. The molecule has 2 aliphatic heterocycles. The molecule has 2 aliphatic rings. The lowest BCUT2D eigenvalue weighted by Gasteiger charge is -2.34. The quantitative estimate of drug-likeness (QED) is 0.289. The number of piperazine rings is 1. The van der Waals surface area contributed by atoms with Gasteiger partial charge in [0.15, 0.2) is 5.69 Å². The summed E-state index contributed by atoms with van der Waals surface area (Å²) in [4.78, 5) is 37.3. The number of aromatic nitrogens is 2. The first kappa shape index (κ1) is 34.6. The van der Waals surface area contributed by atoms with Crippen LogP contribution < -0.4 is 20.9 Å². The molecule has 18 heteroatoms. The number of halogens is 7. The second-order valence-electron chi connectivity index (χ2n) is 10.6. The van der Waals surface area contributed by atoms with Crippen molar-refractivity contribution in [1.29, 1.82) is 0 Å². The Bertz CT molecular complexity index is 1430. The van der Waals surface area contributed by atoms with Crippen molar-refractivity contribution in [2.45, 2.75) is 37.6 Å². The van der Waals surface area contributed by atoms with Gasteiger partial charge in [-0.2, -0.15) is 26.3 Å². The summed E-state index contributed by atoms with van der Waals surface area (Å²) in [5.74, 6) is -2.33. The number of aliphatic hydroxyl groups excluding tert-OH is 1. The number of benzene rings is 1. The van der Waals surface area contributed by atoms with Crippen LogP contribution in [0.5, 0.6) is 0 Å². The van der Waals surface area contributed by atoms with E-state index < -0.39 is 57.4 Å². The van der Waals surface area contributed by atoms with Gasteiger partial charge in [0, 0.05) is 50.0 Å². The molecule has 1 aromatic heterocycles. The van der Waals surface area contributed by atoms with Gasteiger partial charge in [-0.3, -0.25) is 14.5 Å². The zero-order chi connectivity index (χ0) is 33.1. The monoisotopic (exact) mass is 681 g/mol. The molecule has 2 atom stereocenters. The maximum Gasteiger partial charge on any atom is 0.434 e. The number of anilines is 2. The molecule has 246 valence electrons. The van der Waals surface area contributed by atoms with E-state index in [0.29, 0.717) is 38.8 Å². The van der Waals surface area contributed by atoms with Crippen LogP contribution in [-0.2, 0) is 17.1 Å². The van der Waals surface area contributed by atoms with E-state index in [4.69, 9.17) is 16.7 Å². The second kappa shape index (κ2) is 14.0. The average molecular weight is 682 g/mol. The van der Waals surface area contributed by atoms with Crippen LogP contribution in [0, 0.1) is 5.92 Å². The third kappa shape index (κ3) is 8.51. The van der Waals surface area contributed by atoms with E-state index in [1.54, 1.807) is 18.7 Å². The SMILES string of the molecule is CC(C)[C@H](NC(=O)c1cnc(N2CCN(CCO)CC2)nc1C(F)(F)F)C1NC(C(=O)Nc2ccc(Cl)c(C(F)(F)F)c2)=CS1. The maximum absolute atomic E-state index is 14.1. The van der Waals surface area contributed by atoms with Crippen molar-refractivity contribution in [3.63, 3.8) is 0 Å². The van der Waals surface area contributed by atoms with Gasteiger partial charge in [-0.15, -0.1) is 11.8 Å². The van der Waals surface area contributed by atoms with Crippen LogP contribution in [0.1, 0.15) is 35.5 Å². The lowest BCUT2D eigenvalue weighted by atomic mass is 10.0. The molecule has 0 bridgehead atoms. The molecule has 1 saturated heterocycles. The smallest absolute Gasteiger partial charge is 0.395 e. The minimum atomic E-state index is -4.96. The highest BCUT2D eigenvalue weighted by atomic mass is 35.5. The lowest BCUT2D eigenvalue weighted by molar-refractivity contribution is -0.141. The Hall–Kier alpha value is -3.28. The number of hydrogen-bond acceptors (Lipinski definition) is 9. The van der Waals surface area contributed by atoms with Crippen molar-refractivity contribution in [2.24, 2.45) is 5.92 Å². The summed E-state index contributed by atoms with van der Waals surface area (Å²) in [6.07, 6.45) is -8.86. The minimum absolute atomic E-state index is 0.0174. The molecule has 0 radical (unpaired) electrons. The average Bonchev–Trinajstić information content (AvgIpc) is 3.46. The van der Waals surface area contributed by atoms with Crippen LogP contribution in [0.2, 0.25) is 5.02 Å². The van der Waals surface area contributed by atoms with Gasteiger partial charge >= 0.3 is 12.4 Å². The number of alkyl halides is 6. The molecule has 1 aromatic carbocycles. The van der Waals surface area contributed by atoms with E-state index in [1.165, 1.54) is 11.5 Å². The molecule has 10 nitrogen and oxygen atoms in total. The van der Waals surface area contributed by atoms with Gasteiger partial charge in [0.25, 0.3) is 11.8 Å². The summed E-state index contributed by atoms with van der Waals surface area (Å²) < 4.78 is 81.9. The maximum atomic E-state index is 14.1. The van der Waals surface area contributed by atoms with E-state index in [-0.39, 0.29) is 29.9 Å². The fourth-order valence-corrected chi connectivity index (χ4v) is 6.15. The zero-order valence-electron chi connectivity index (χ0n) is 24.0. The van der Waals surface area contributed by atoms with Crippen LogP contribution >= 0.6 is 23.4 Å². The van der Waals surface area contributed by atoms with Gasteiger partial charge in [0.1, 0.15) is 5.70 Å². The number of nitrogens with zero attached hydrogens (tertiary/aromatic N) is 4. The molecule has 0 spiro atoms. The first-order chi connectivity index (χ1) is 21.1. The predicted octanol–water partition coefficient (Wildman–Crippen LogP) is 4.18. The van der Waals surface area contributed by atoms with E-state index in [9.17, 15) is 35.9 Å². The van der Waals surface area contributed by atoms with E-state index in [1.807, 2.05) is 4.90 Å². The van der Waals surface area contributed by atoms with Crippen LogP contribution in [0.25, 0.3) is 0 Å². The van der Waals surface area contributed by atoms with Crippen molar-refractivity contribution in [3.05, 3.63) is 57.3 Å². The standard InChI is InChI=1S/C27H30ClF6N7O3S/c1-14(2)20(24-37-19(13-45-24)23(44)36-15-3-4-18(28)17(11-15)26(29,30)31)38-22(43)16-12-35-25(39-21(16)27(32,33)34)41-7-5-40(6-8-41)9-10-42/h3-4,11-14,20,24,37,42H,5-10H2,1-2H3,(H,36,44)(H,38,43)/t20-,24?/m0/s1. The van der Waals surface area contributed by atoms with Gasteiger partial charge < -0.3 is 26.0 Å². The van der Waals surface area contributed by atoms with Crippen molar-refractivity contribution < 1.29 is 41.0 Å². The number of hydrogen-bond donors (Lipinski definition) is 4. The third-order valence-corrected chi connectivity index (χ3v) is 8.51. The molecule has 1 unspecified atom stereocenters. The van der Waals surface area contributed by atoms with Crippen LogP contribution in [0.15, 0.2) is 35.5 Å². The molecule has 2 aromatic rings. The normalized spacial score (nSPS) is 18.4. The summed E-state index contributed by atoms with van der Waals surface area (Å²) in [5.41, 5.74) is -3.46. The summed E-state index contributed by atoms with van der Waals surface area (Å²) in [6.45, 7) is 5.53. The fourth-order valence-electron chi connectivity index (χ4n) is 4.72.